The molecule has 0 saturated heterocycles. The number of phenolic OH excluding ortho intramolecular Hbond substituents is 1. The van der Waals surface area contributed by atoms with Gasteiger partial charge in [0.2, 0.25) is 5.88 Å². The highest BCUT2D eigenvalue weighted by Crippen LogP contribution is 2.30. The molecule has 0 radical (unpaired) electrons. The van der Waals surface area contributed by atoms with E-state index in [9.17, 15) is 14.7 Å². The van der Waals surface area contributed by atoms with Crippen LogP contribution in [0.5, 0.6) is 17.4 Å². The van der Waals surface area contributed by atoms with Gasteiger partial charge in [-0.15, -0.1) is 0 Å². The summed E-state index contributed by atoms with van der Waals surface area (Å²) in [5.74, 6) is -0.698. The van der Waals surface area contributed by atoms with E-state index in [-0.39, 0.29) is 28.6 Å². The van der Waals surface area contributed by atoms with Crippen LogP contribution in [0, 0.1) is 0 Å². The van der Waals surface area contributed by atoms with Crippen molar-refractivity contribution in [1.29, 1.82) is 0 Å². The van der Waals surface area contributed by atoms with E-state index >= 15 is 0 Å². The third-order valence-electron chi connectivity index (χ3n) is 4.07. The molecule has 2 N–H and O–H groups in total. The Morgan fingerprint density at radius 1 is 1.00 bits per heavy atom. The van der Waals surface area contributed by atoms with Gasteiger partial charge in [-0.2, -0.15) is 0 Å². The summed E-state index contributed by atoms with van der Waals surface area (Å²) < 4.78 is 15.6. The van der Waals surface area contributed by atoms with Crippen LogP contribution >= 0.6 is 0 Å². The molecule has 31 heavy (non-hydrogen) atoms. The number of amides is 1. The van der Waals surface area contributed by atoms with Crippen molar-refractivity contribution in [3.8, 4) is 17.4 Å². The Morgan fingerprint density at radius 2 is 1.71 bits per heavy atom. The van der Waals surface area contributed by atoms with E-state index < -0.39 is 11.9 Å². The number of anilines is 1. The fourth-order valence-electron chi connectivity index (χ4n) is 2.65. The first-order chi connectivity index (χ1) is 15.0. The molecular formula is C22H19N3O6. The number of methoxy groups -OCH3 is 2. The van der Waals surface area contributed by atoms with Crippen LogP contribution in [0.2, 0.25) is 0 Å². The van der Waals surface area contributed by atoms with E-state index in [1.54, 1.807) is 36.4 Å². The number of carbonyl (C=O) groups excluding carboxylic acids is 2. The maximum absolute atomic E-state index is 12.4. The van der Waals surface area contributed by atoms with Crippen LogP contribution in [0.15, 0.2) is 67.2 Å². The Labute approximate surface area is 177 Å². The molecule has 9 nitrogen and oxygen atoms in total. The molecule has 0 aliphatic carbocycles. The molecule has 0 bridgehead atoms. The summed E-state index contributed by atoms with van der Waals surface area (Å²) in [7, 11) is 2.68. The number of rotatable bonds is 7. The maximum Gasteiger partial charge on any atom is 0.341 e. The smallest absolute Gasteiger partial charge is 0.341 e. The second kappa shape index (κ2) is 9.88. The highest BCUT2D eigenvalue weighted by molar-refractivity contribution is 6.17. The van der Waals surface area contributed by atoms with Crippen LogP contribution in [0.4, 0.5) is 5.82 Å². The van der Waals surface area contributed by atoms with E-state index in [2.05, 4.69) is 15.3 Å². The lowest BCUT2D eigenvalue weighted by Crippen LogP contribution is -2.13. The minimum absolute atomic E-state index is 0.0985. The maximum atomic E-state index is 12.4. The van der Waals surface area contributed by atoms with Crippen LogP contribution < -0.4 is 10.1 Å². The van der Waals surface area contributed by atoms with Gasteiger partial charge in [-0.1, -0.05) is 30.3 Å². The SMILES string of the molecule is COC=C(C(=O)OC)c1ccccc1Oc1cc(NC(=O)c2ccccc2O)ncn1. The van der Waals surface area contributed by atoms with Crippen molar-refractivity contribution in [3.05, 3.63) is 78.3 Å². The molecule has 0 saturated carbocycles. The standard InChI is InChI=1S/C22H19N3O6/c1-29-12-16(22(28)30-2)14-7-4-6-10-18(14)31-20-11-19(23-13-24-20)25-21(27)15-8-3-5-9-17(15)26/h3-13,26H,1-2H3,(H,23,24,25,27). The third kappa shape index (κ3) is 5.15. The lowest BCUT2D eigenvalue weighted by atomic mass is 10.1. The van der Waals surface area contributed by atoms with Gasteiger partial charge in [-0.25, -0.2) is 14.8 Å². The molecule has 9 heteroatoms. The van der Waals surface area contributed by atoms with E-state index in [1.165, 1.54) is 45.0 Å². The van der Waals surface area contributed by atoms with E-state index in [1.807, 2.05) is 0 Å². The number of nitrogens with one attached hydrogen (secondary N) is 1. The lowest BCUT2D eigenvalue weighted by Gasteiger charge is -2.12. The zero-order chi connectivity index (χ0) is 22.2. The topological polar surface area (TPSA) is 120 Å². The molecule has 0 fully saturated rings. The van der Waals surface area contributed by atoms with Gasteiger partial charge in [0.25, 0.3) is 5.91 Å². The predicted molar refractivity (Wildman–Crippen MR) is 112 cm³/mol. The fraction of sp³-hybridized carbons (Fsp3) is 0.0909. The fourth-order valence-corrected chi connectivity index (χ4v) is 2.65. The summed E-state index contributed by atoms with van der Waals surface area (Å²) >= 11 is 0. The van der Waals surface area contributed by atoms with Crippen molar-refractivity contribution in [2.45, 2.75) is 0 Å². The number of carbonyl (C=O) groups is 2. The Kier molecular flexibility index (Phi) is 6.79. The number of aromatic nitrogens is 2. The van der Waals surface area contributed by atoms with Crippen LogP contribution in [-0.4, -0.2) is 41.2 Å². The molecule has 3 rings (SSSR count). The zero-order valence-electron chi connectivity index (χ0n) is 16.7. The van der Waals surface area contributed by atoms with Gasteiger partial charge >= 0.3 is 5.97 Å². The summed E-state index contributed by atoms with van der Waals surface area (Å²) in [5, 5.41) is 12.4. The first kappa shape index (κ1) is 21.3. The minimum atomic E-state index is -0.601. The molecule has 1 heterocycles. The monoisotopic (exact) mass is 421 g/mol. The van der Waals surface area contributed by atoms with Gasteiger partial charge in [0.15, 0.2) is 0 Å². The molecule has 158 valence electrons. The summed E-state index contributed by atoms with van der Waals surface area (Å²) in [6.07, 6.45) is 2.47. The molecule has 0 unspecified atom stereocenters. The van der Waals surface area contributed by atoms with Gasteiger partial charge in [-0.3, -0.25) is 4.79 Å². The van der Waals surface area contributed by atoms with Gasteiger partial charge < -0.3 is 24.6 Å². The number of esters is 1. The number of ether oxygens (including phenoxy) is 3. The Balaban J connectivity index is 1.85. The molecule has 0 aliphatic heterocycles. The first-order valence-electron chi connectivity index (χ1n) is 9.03. The Bertz CT molecular complexity index is 1130. The molecule has 2 aromatic carbocycles. The average Bonchev–Trinajstić information content (AvgIpc) is 2.78. The molecule has 0 atom stereocenters. The van der Waals surface area contributed by atoms with Crippen LogP contribution in [0.3, 0.4) is 0 Å². The van der Waals surface area contributed by atoms with Gasteiger partial charge in [0, 0.05) is 11.6 Å². The molecule has 0 spiro atoms. The minimum Gasteiger partial charge on any atom is -0.507 e. The van der Waals surface area contributed by atoms with Crippen molar-refractivity contribution in [2.75, 3.05) is 19.5 Å². The number of para-hydroxylation sites is 2. The number of hydrogen-bond acceptors (Lipinski definition) is 8. The van der Waals surface area contributed by atoms with Gasteiger partial charge in [0.1, 0.15) is 29.2 Å². The Hall–Kier alpha value is -4.40. The van der Waals surface area contributed by atoms with E-state index in [4.69, 9.17) is 14.2 Å². The van der Waals surface area contributed by atoms with Gasteiger partial charge in [-0.05, 0) is 18.2 Å². The molecular weight excluding hydrogens is 402 g/mol. The van der Waals surface area contributed by atoms with E-state index in [0.29, 0.717) is 11.3 Å². The second-order valence-corrected chi connectivity index (χ2v) is 6.07. The summed E-state index contributed by atoms with van der Waals surface area (Å²) in [6, 6.07) is 14.3. The number of aromatic hydroxyl groups is 1. The third-order valence-corrected chi connectivity index (χ3v) is 4.07. The summed E-state index contributed by atoms with van der Waals surface area (Å²) in [6.45, 7) is 0. The number of benzene rings is 2. The average molecular weight is 421 g/mol. The Morgan fingerprint density at radius 3 is 2.42 bits per heavy atom. The van der Waals surface area contributed by atoms with E-state index in [0.717, 1.165) is 0 Å². The van der Waals surface area contributed by atoms with Crippen LogP contribution in [0.1, 0.15) is 15.9 Å². The molecule has 3 aromatic rings. The van der Waals surface area contributed by atoms with Crippen molar-refractivity contribution < 1.29 is 28.9 Å². The molecule has 0 aliphatic rings. The van der Waals surface area contributed by atoms with Crippen molar-refractivity contribution >= 4 is 23.3 Å². The van der Waals surface area contributed by atoms with Gasteiger partial charge in [0.05, 0.1) is 26.0 Å². The van der Waals surface area contributed by atoms with Crippen LogP contribution in [0.25, 0.3) is 5.57 Å². The highest BCUT2D eigenvalue weighted by Gasteiger charge is 2.19. The molecule has 1 aromatic heterocycles. The quantitative estimate of drug-likeness (QED) is 0.338. The number of hydrogen-bond donors (Lipinski definition) is 2. The normalized spacial score (nSPS) is 10.8. The number of nitrogens with zero attached hydrogens (tertiary/aromatic N) is 2. The highest BCUT2D eigenvalue weighted by atomic mass is 16.5. The van der Waals surface area contributed by atoms with Crippen molar-refractivity contribution in [1.82, 2.24) is 9.97 Å². The lowest BCUT2D eigenvalue weighted by molar-refractivity contribution is -0.133. The van der Waals surface area contributed by atoms with Crippen LogP contribution in [-0.2, 0) is 14.3 Å². The zero-order valence-corrected chi connectivity index (χ0v) is 16.7. The first-order valence-corrected chi connectivity index (χ1v) is 9.03. The molecule has 1 amide bonds. The van der Waals surface area contributed by atoms with Crippen molar-refractivity contribution in [2.24, 2.45) is 0 Å². The predicted octanol–water partition coefficient (Wildman–Crippen LogP) is 3.39. The summed E-state index contributed by atoms with van der Waals surface area (Å²) in [4.78, 5) is 32.5. The summed E-state index contributed by atoms with van der Waals surface area (Å²) in [5.41, 5.74) is 0.679. The van der Waals surface area contributed by atoms with Crippen molar-refractivity contribution in [3.63, 3.8) is 0 Å². The largest absolute Gasteiger partial charge is 0.507 e. The number of phenols is 1. The second-order valence-electron chi connectivity index (χ2n) is 6.07.